The molecule has 9 atom stereocenters. The molecule has 8 N–H and O–H groups in total. The van der Waals surface area contributed by atoms with Crippen LogP contribution in [0.25, 0.3) is 0 Å². The number of nitrogens with one attached hydrogen (secondary N) is 1. The van der Waals surface area contributed by atoms with Gasteiger partial charge in [-0.2, -0.15) is 0 Å². The van der Waals surface area contributed by atoms with Crippen molar-refractivity contribution in [3.63, 3.8) is 0 Å². The third-order valence-corrected chi connectivity index (χ3v) is 13.3. The molecule has 11 heteroatoms. The van der Waals surface area contributed by atoms with Gasteiger partial charge in [0.25, 0.3) is 0 Å². The molecule has 0 aliphatic carbocycles. The van der Waals surface area contributed by atoms with Crippen LogP contribution in [-0.2, 0) is 14.3 Å². The predicted octanol–water partition coefficient (Wildman–Crippen LogP) is 10.4. The van der Waals surface area contributed by atoms with Gasteiger partial charge in [-0.1, -0.05) is 225 Å². The second kappa shape index (κ2) is 43.2. The number of aliphatic hydroxyl groups is 7. The first kappa shape index (κ1) is 60.9. The van der Waals surface area contributed by atoms with Crippen LogP contribution in [0.15, 0.2) is 12.2 Å². The van der Waals surface area contributed by atoms with Crippen LogP contribution in [-0.4, -0.2) is 110 Å². The number of amides is 1. The van der Waals surface area contributed by atoms with Gasteiger partial charge in [-0.25, -0.2) is 0 Å². The number of hydrogen-bond donors (Lipinski definition) is 8. The van der Waals surface area contributed by atoms with Crippen molar-refractivity contribution in [2.45, 2.75) is 306 Å². The normalized spacial score (nSPS) is 21.0. The summed E-state index contributed by atoms with van der Waals surface area (Å²) in [4.78, 5) is 13.1. The Hall–Kier alpha value is -1.15. The first-order valence-electron chi connectivity index (χ1n) is 27.1. The fraction of sp³-hybridized carbons (Fsp3) is 0.943. The Kier molecular flexibility index (Phi) is 41.0. The zero-order valence-electron chi connectivity index (χ0n) is 41.3. The minimum Gasteiger partial charge on any atom is -0.394 e. The molecular formula is C53H103NO10. The zero-order chi connectivity index (χ0) is 46.9. The average molecular weight is 914 g/mol. The van der Waals surface area contributed by atoms with Gasteiger partial charge in [0.15, 0.2) is 6.29 Å². The Morgan fingerprint density at radius 1 is 0.531 bits per heavy atom. The second-order valence-corrected chi connectivity index (χ2v) is 19.3. The summed E-state index contributed by atoms with van der Waals surface area (Å²) in [5, 5.41) is 75.7. The minimum absolute atomic E-state index is 0.262. The molecule has 0 radical (unpaired) electrons. The van der Waals surface area contributed by atoms with Gasteiger partial charge < -0.3 is 50.5 Å². The van der Waals surface area contributed by atoms with E-state index in [1.807, 2.05) is 0 Å². The molecule has 0 aromatic heterocycles. The van der Waals surface area contributed by atoms with Gasteiger partial charge in [0, 0.05) is 0 Å². The topological polar surface area (TPSA) is 189 Å². The smallest absolute Gasteiger partial charge is 0.249 e. The molecule has 0 aromatic carbocycles. The van der Waals surface area contributed by atoms with Crippen molar-refractivity contribution in [1.29, 1.82) is 0 Å². The molecule has 380 valence electrons. The van der Waals surface area contributed by atoms with Crippen LogP contribution < -0.4 is 5.32 Å². The molecule has 1 fully saturated rings. The van der Waals surface area contributed by atoms with Crippen LogP contribution in [0.4, 0.5) is 0 Å². The summed E-state index contributed by atoms with van der Waals surface area (Å²) in [6.45, 7) is 3.44. The highest BCUT2D eigenvalue weighted by Crippen LogP contribution is 2.23. The Morgan fingerprint density at radius 2 is 0.906 bits per heavy atom. The van der Waals surface area contributed by atoms with Crippen molar-refractivity contribution >= 4 is 5.91 Å². The average Bonchev–Trinajstić information content (AvgIpc) is 3.29. The summed E-state index contributed by atoms with van der Waals surface area (Å²) in [5.41, 5.74) is 0. The van der Waals surface area contributed by atoms with Crippen molar-refractivity contribution in [3.05, 3.63) is 12.2 Å². The molecule has 9 unspecified atom stereocenters. The maximum atomic E-state index is 13.1. The van der Waals surface area contributed by atoms with Crippen LogP contribution in [0, 0.1) is 0 Å². The molecule has 1 aliphatic heterocycles. The van der Waals surface area contributed by atoms with E-state index in [1.165, 1.54) is 173 Å². The fourth-order valence-electron chi connectivity index (χ4n) is 8.85. The molecule has 0 aromatic rings. The lowest BCUT2D eigenvalue weighted by Gasteiger charge is -2.40. The minimum atomic E-state index is -1.66. The van der Waals surface area contributed by atoms with Gasteiger partial charge >= 0.3 is 0 Å². The second-order valence-electron chi connectivity index (χ2n) is 19.3. The van der Waals surface area contributed by atoms with E-state index in [-0.39, 0.29) is 6.42 Å². The summed E-state index contributed by atoms with van der Waals surface area (Å²) < 4.78 is 11.1. The molecule has 1 rings (SSSR count). The maximum Gasteiger partial charge on any atom is 0.249 e. The van der Waals surface area contributed by atoms with E-state index in [9.17, 15) is 40.5 Å². The van der Waals surface area contributed by atoms with Gasteiger partial charge in [-0.05, 0) is 38.5 Å². The number of carbonyl (C=O) groups is 1. The maximum absolute atomic E-state index is 13.1. The number of unbranched alkanes of at least 4 members (excludes halogenated alkanes) is 32. The van der Waals surface area contributed by atoms with Crippen LogP contribution in [0.2, 0.25) is 0 Å². The van der Waals surface area contributed by atoms with Crippen molar-refractivity contribution in [1.82, 2.24) is 5.32 Å². The fourth-order valence-corrected chi connectivity index (χ4v) is 8.85. The van der Waals surface area contributed by atoms with Crippen molar-refractivity contribution in [2.24, 2.45) is 0 Å². The van der Waals surface area contributed by atoms with Crippen LogP contribution >= 0.6 is 0 Å². The lowest BCUT2D eigenvalue weighted by molar-refractivity contribution is -0.303. The van der Waals surface area contributed by atoms with E-state index in [2.05, 4.69) is 31.3 Å². The van der Waals surface area contributed by atoms with E-state index >= 15 is 0 Å². The first-order valence-corrected chi connectivity index (χ1v) is 27.1. The third kappa shape index (κ3) is 31.8. The summed E-state index contributed by atoms with van der Waals surface area (Å²) in [5.74, 6) is -0.696. The van der Waals surface area contributed by atoms with Gasteiger partial charge in [-0.15, -0.1) is 0 Å². The highest BCUT2D eigenvalue weighted by atomic mass is 16.7. The Labute approximate surface area is 392 Å². The molecule has 64 heavy (non-hydrogen) atoms. The standard InChI is InChI=1S/C53H103NO10/c1-3-5-7-9-11-13-15-16-17-18-19-20-21-22-23-24-25-26-27-28-29-30-31-33-35-37-39-41-46(57)52(62)54-44(43-63-53-51(61)50(60)49(59)47(42-55)64-53)48(58)45(56)40-38-36-34-32-14-12-10-8-6-4-2/h22-23,44-51,53,55-61H,3-21,24-43H2,1-2H3,(H,54,62)/b23-22-. The molecule has 0 spiro atoms. The van der Waals surface area contributed by atoms with E-state index in [4.69, 9.17) is 9.47 Å². The lowest BCUT2D eigenvalue weighted by atomic mass is 9.98. The van der Waals surface area contributed by atoms with Crippen molar-refractivity contribution in [3.8, 4) is 0 Å². The summed E-state index contributed by atoms with van der Waals surface area (Å²) >= 11 is 0. The van der Waals surface area contributed by atoms with E-state index in [1.54, 1.807) is 0 Å². The van der Waals surface area contributed by atoms with E-state index < -0.39 is 74.2 Å². The molecular weight excluding hydrogens is 811 g/mol. The number of carbonyl (C=O) groups excluding carboxylic acids is 1. The number of allylic oxidation sites excluding steroid dienone is 2. The molecule has 1 saturated heterocycles. The molecule has 0 saturated carbocycles. The summed E-state index contributed by atoms with van der Waals surface area (Å²) in [6, 6.07) is -1.16. The van der Waals surface area contributed by atoms with Crippen molar-refractivity contribution < 1.29 is 50.0 Å². The monoisotopic (exact) mass is 914 g/mol. The number of rotatable bonds is 46. The largest absolute Gasteiger partial charge is 0.394 e. The quantitative estimate of drug-likeness (QED) is 0.0216. The molecule has 11 nitrogen and oxygen atoms in total. The summed E-state index contributed by atoms with van der Waals surface area (Å²) in [6.07, 6.45) is 37.1. The third-order valence-electron chi connectivity index (χ3n) is 13.3. The number of ether oxygens (including phenoxy) is 2. The molecule has 1 aliphatic rings. The van der Waals surface area contributed by atoms with Crippen LogP contribution in [0.5, 0.6) is 0 Å². The van der Waals surface area contributed by atoms with Crippen LogP contribution in [0.3, 0.4) is 0 Å². The highest BCUT2D eigenvalue weighted by molar-refractivity contribution is 5.80. The summed E-state index contributed by atoms with van der Waals surface area (Å²) in [7, 11) is 0. The lowest BCUT2D eigenvalue weighted by Crippen LogP contribution is -2.60. The van der Waals surface area contributed by atoms with Crippen molar-refractivity contribution in [2.75, 3.05) is 13.2 Å². The molecule has 0 bridgehead atoms. The number of aliphatic hydroxyl groups excluding tert-OH is 7. The first-order chi connectivity index (χ1) is 31.2. The number of hydrogen-bond acceptors (Lipinski definition) is 10. The van der Waals surface area contributed by atoms with E-state index in [0.29, 0.717) is 19.3 Å². The van der Waals surface area contributed by atoms with Gasteiger partial charge in [0.1, 0.15) is 36.6 Å². The molecule has 1 amide bonds. The van der Waals surface area contributed by atoms with Gasteiger partial charge in [-0.3, -0.25) is 4.79 Å². The van der Waals surface area contributed by atoms with Crippen LogP contribution in [0.1, 0.15) is 251 Å². The van der Waals surface area contributed by atoms with Gasteiger partial charge in [0.2, 0.25) is 5.91 Å². The Balaban J connectivity index is 2.24. The predicted molar refractivity (Wildman–Crippen MR) is 261 cm³/mol. The zero-order valence-corrected chi connectivity index (χ0v) is 41.3. The molecule has 1 heterocycles. The SMILES string of the molecule is CCCCCCCCCCCCCC/C=C\CCCCCCCCCCCCCC(O)C(=O)NC(COC1OC(CO)C(O)C(O)C1O)C(O)C(O)CCCCCCCCCCCC. The Morgan fingerprint density at radius 3 is 1.31 bits per heavy atom. The van der Waals surface area contributed by atoms with Gasteiger partial charge in [0.05, 0.1) is 25.4 Å². The Bertz CT molecular complexity index is 1050. The highest BCUT2D eigenvalue weighted by Gasteiger charge is 2.44. The van der Waals surface area contributed by atoms with E-state index in [0.717, 1.165) is 38.5 Å².